The Labute approximate surface area is 168 Å². The van der Waals surface area contributed by atoms with E-state index in [1.54, 1.807) is 36.9 Å². The highest BCUT2D eigenvalue weighted by Crippen LogP contribution is 2.28. The second-order valence-electron chi connectivity index (χ2n) is 6.96. The predicted molar refractivity (Wildman–Crippen MR) is 111 cm³/mol. The number of pyridine rings is 2. The Morgan fingerprint density at radius 2 is 1.97 bits per heavy atom. The van der Waals surface area contributed by atoms with Crippen molar-refractivity contribution >= 4 is 23.0 Å². The highest BCUT2D eigenvalue weighted by Gasteiger charge is 2.21. The molecule has 0 spiro atoms. The second-order valence-corrected chi connectivity index (χ2v) is 6.96. The average molecular weight is 390 g/mol. The Hall–Kier alpha value is -3.59. The highest BCUT2D eigenvalue weighted by molar-refractivity contribution is 6.07. The van der Waals surface area contributed by atoms with E-state index in [9.17, 15) is 4.79 Å². The van der Waals surface area contributed by atoms with E-state index in [4.69, 9.17) is 11.5 Å². The molecular weight excluding hydrogens is 368 g/mol. The summed E-state index contributed by atoms with van der Waals surface area (Å²) in [5, 5.41) is 2.90. The van der Waals surface area contributed by atoms with Crippen LogP contribution in [0.2, 0.25) is 0 Å². The van der Waals surface area contributed by atoms with Crippen molar-refractivity contribution in [1.82, 2.24) is 19.9 Å². The van der Waals surface area contributed by atoms with Crippen LogP contribution >= 0.6 is 0 Å². The van der Waals surface area contributed by atoms with Gasteiger partial charge in [0.1, 0.15) is 6.33 Å². The number of anilines is 3. The van der Waals surface area contributed by atoms with Crippen molar-refractivity contribution in [3.8, 4) is 11.3 Å². The fourth-order valence-electron chi connectivity index (χ4n) is 3.41. The zero-order chi connectivity index (χ0) is 20.2. The van der Waals surface area contributed by atoms with Crippen LogP contribution in [-0.2, 0) is 0 Å². The molecule has 0 aromatic carbocycles. The van der Waals surface area contributed by atoms with Crippen LogP contribution in [0.4, 0.5) is 17.1 Å². The summed E-state index contributed by atoms with van der Waals surface area (Å²) >= 11 is 0. The third-order valence-corrected chi connectivity index (χ3v) is 4.84. The van der Waals surface area contributed by atoms with Gasteiger partial charge in [-0.05, 0) is 31.0 Å². The van der Waals surface area contributed by atoms with Crippen LogP contribution < -0.4 is 21.7 Å². The lowest BCUT2D eigenvalue weighted by Gasteiger charge is -2.33. The number of nitrogens with two attached hydrogens (primary N) is 2. The standard InChI is InChI=1S/C20H22N8O/c21-14-2-1-7-28(11-14)18-5-6-23-10-17(18)27-20(29)19-15(22)3-4-16(26-19)13-8-24-12-25-9-13/h3-6,8-10,12,14H,1-2,7,11,21-22H2,(H,27,29)/t14-/m0/s1. The fraction of sp³-hybridized carbons (Fsp3) is 0.250. The molecule has 3 aromatic heterocycles. The minimum Gasteiger partial charge on any atom is -0.397 e. The van der Waals surface area contributed by atoms with E-state index in [0.29, 0.717) is 16.9 Å². The van der Waals surface area contributed by atoms with Crippen molar-refractivity contribution < 1.29 is 4.79 Å². The van der Waals surface area contributed by atoms with E-state index < -0.39 is 5.91 Å². The maximum atomic E-state index is 13.0. The summed E-state index contributed by atoms with van der Waals surface area (Å²) in [5.74, 6) is -0.406. The second kappa shape index (κ2) is 8.19. The van der Waals surface area contributed by atoms with Gasteiger partial charge in [-0.2, -0.15) is 0 Å². The minimum atomic E-state index is -0.406. The summed E-state index contributed by atoms with van der Waals surface area (Å²) in [6.07, 6.45) is 10.0. The molecule has 1 amide bonds. The average Bonchev–Trinajstić information content (AvgIpc) is 2.75. The molecule has 1 aliphatic rings. The third-order valence-electron chi connectivity index (χ3n) is 4.84. The van der Waals surface area contributed by atoms with E-state index in [1.807, 2.05) is 6.07 Å². The van der Waals surface area contributed by atoms with Gasteiger partial charge in [0.05, 0.1) is 29.0 Å². The lowest BCUT2D eigenvalue weighted by molar-refractivity contribution is 0.102. The number of hydrogen-bond acceptors (Lipinski definition) is 8. The number of carbonyl (C=O) groups is 1. The van der Waals surface area contributed by atoms with E-state index in [-0.39, 0.29) is 17.4 Å². The molecule has 0 radical (unpaired) electrons. The molecule has 4 heterocycles. The van der Waals surface area contributed by atoms with Gasteiger partial charge in [0.25, 0.3) is 5.91 Å². The van der Waals surface area contributed by atoms with Crippen LogP contribution in [0.3, 0.4) is 0 Å². The van der Waals surface area contributed by atoms with Gasteiger partial charge in [-0.25, -0.2) is 15.0 Å². The Balaban J connectivity index is 1.61. The van der Waals surface area contributed by atoms with E-state index in [2.05, 4.69) is 30.2 Å². The minimum absolute atomic E-state index is 0.113. The lowest BCUT2D eigenvalue weighted by Crippen LogP contribution is -2.43. The quantitative estimate of drug-likeness (QED) is 0.612. The number of carbonyl (C=O) groups excluding carboxylic acids is 1. The maximum absolute atomic E-state index is 13.0. The molecule has 4 rings (SSSR count). The molecule has 148 valence electrons. The number of nitrogens with one attached hydrogen (secondary N) is 1. The number of rotatable bonds is 4. The largest absolute Gasteiger partial charge is 0.397 e. The molecule has 1 aliphatic heterocycles. The number of hydrogen-bond donors (Lipinski definition) is 3. The molecule has 9 nitrogen and oxygen atoms in total. The van der Waals surface area contributed by atoms with Gasteiger partial charge in [0.15, 0.2) is 5.69 Å². The van der Waals surface area contributed by atoms with Crippen LogP contribution in [0.5, 0.6) is 0 Å². The summed E-state index contributed by atoms with van der Waals surface area (Å²) in [4.78, 5) is 31.7. The van der Waals surface area contributed by atoms with Crippen LogP contribution in [0, 0.1) is 0 Å². The molecule has 1 atom stereocenters. The Morgan fingerprint density at radius 1 is 1.14 bits per heavy atom. The zero-order valence-electron chi connectivity index (χ0n) is 15.8. The van der Waals surface area contributed by atoms with Crippen molar-refractivity contribution in [3.05, 3.63) is 55.0 Å². The molecule has 0 saturated carbocycles. The number of nitrogens with zero attached hydrogens (tertiary/aromatic N) is 5. The molecule has 1 saturated heterocycles. The maximum Gasteiger partial charge on any atom is 0.276 e. The first-order valence-corrected chi connectivity index (χ1v) is 9.39. The van der Waals surface area contributed by atoms with Crippen LogP contribution in [0.25, 0.3) is 11.3 Å². The highest BCUT2D eigenvalue weighted by atomic mass is 16.1. The van der Waals surface area contributed by atoms with Crippen molar-refractivity contribution in [1.29, 1.82) is 0 Å². The monoisotopic (exact) mass is 390 g/mol. The van der Waals surface area contributed by atoms with Gasteiger partial charge in [0, 0.05) is 43.3 Å². The molecule has 0 bridgehead atoms. The fourth-order valence-corrected chi connectivity index (χ4v) is 3.41. The van der Waals surface area contributed by atoms with Gasteiger partial charge >= 0.3 is 0 Å². The molecule has 0 aliphatic carbocycles. The smallest absolute Gasteiger partial charge is 0.276 e. The molecule has 29 heavy (non-hydrogen) atoms. The van der Waals surface area contributed by atoms with E-state index in [1.165, 1.54) is 6.33 Å². The summed E-state index contributed by atoms with van der Waals surface area (Å²) < 4.78 is 0. The third kappa shape index (κ3) is 4.14. The topological polar surface area (TPSA) is 136 Å². The predicted octanol–water partition coefficient (Wildman–Crippen LogP) is 1.70. The normalized spacial score (nSPS) is 16.4. The summed E-state index contributed by atoms with van der Waals surface area (Å²) in [6.45, 7) is 1.61. The van der Waals surface area contributed by atoms with Gasteiger partial charge in [-0.15, -0.1) is 0 Å². The first-order chi connectivity index (χ1) is 14.1. The van der Waals surface area contributed by atoms with E-state index >= 15 is 0 Å². The molecule has 3 aromatic rings. The van der Waals surface area contributed by atoms with E-state index in [0.717, 1.165) is 31.6 Å². The van der Waals surface area contributed by atoms with Crippen LogP contribution in [0.1, 0.15) is 23.3 Å². The van der Waals surface area contributed by atoms with Gasteiger partial charge in [-0.3, -0.25) is 9.78 Å². The molecular formula is C20H22N8O. The van der Waals surface area contributed by atoms with Gasteiger partial charge in [-0.1, -0.05) is 0 Å². The molecule has 0 unspecified atom stereocenters. The summed E-state index contributed by atoms with van der Waals surface area (Å²) in [6, 6.07) is 5.37. The molecule has 9 heteroatoms. The lowest BCUT2D eigenvalue weighted by atomic mass is 10.1. The summed E-state index contributed by atoms with van der Waals surface area (Å²) in [7, 11) is 0. The van der Waals surface area contributed by atoms with Crippen molar-refractivity contribution in [3.63, 3.8) is 0 Å². The first-order valence-electron chi connectivity index (χ1n) is 9.39. The van der Waals surface area contributed by atoms with Gasteiger partial charge in [0.2, 0.25) is 0 Å². The Kier molecular flexibility index (Phi) is 5.30. The number of aromatic nitrogens is 4. The molecule has 5 N–H and O–H groups in total. The van der Waals surface area contributed by atoms with Gasteiger partial charge < -0.3 is 21.7 Å². The van der Waals surface area contributed by atoms with Crippen LogP contribution in [-0.4, -0.2) is 45.0 Å². The van der Waals surface area contributed by atoms with Crippen molar-refractivity contribution in [2.24, 2.45) is 5.73 Å². The van der Waals surface area contributed by atoms with Crippen molar-refractivity contribution in [2.75, 3.05) is 29.0 Å². The zero-order valence-corrected chi connectivity index (χ0v) is 15.8. The number of piperidine rings is 1. The number of nitrogen functional groups attached to an aromatic ring is 1. The Bertz CT molecular complexity index is 1010. The van der Waals surface area contributed by atoms with Crippen LogP contribution in [0.15, 0.2) is 49.3 Å². The van der Waals surface area contributed by atoms with Crippen molar-refractivity contribution in [2.45, 2.75) is 18.9 Å². The SMILES string of the molecule is Nc1ccc(-c2cncnc2)nc1C(=O)Nc1cnccc1N1CCC[C@H](N)C1. The Morgan fingerprint density at radius 3 is 2.76 bits per heavy atom. The summed E-state index contributed by atoms with van der Waals surface area (Å²) in [5.41, 5.74) is 15.3. The first kappa shape index (κ1) is 18.8. The molecule has 1 fully saturated rings. The number of amides is 1.